The van der Waals surface area contributed by atoms with Gasteiger partial charge < -0.3 is 20.1 Å². The molecular weight excluding hydrogens is 426 g/mol. The zero-order valence-corrected chi connectivity index (χ0v) is 18.6. The van der Waals surface area contributed by atoms with E-state index in [1.54, 1.807) is 23.8 Å². The number of methoxy groups -OCH3 is 1. The number of hydrogen-bond donors (Lipinski definition) is 1. The van der Waals surface area contributed by atoms with Crippen molar-refractivity contribution in [3.63, 3.8) is 0 Å². The number of nitrogens with one attached hydrogen (secondary N) is 1. The van der Waals surface area contributed by atoms with Crippen molar-refractivity contribution >= 4 is 63.0 Å². The second-order valence-electron chi connectivity index (χ2n) is 6.33. The third-order valence-corrected chi connectivity index (χ3v) is 5.67. The molecule has 0 atom stereocenters. The molecular formula is C21H20ClN3O2S2. The zero-order valence-electron chi connectivity index (χ0n) is 16.2. The number of anilines is 2. The monoisotopic (exact) mass is 445 g/mol. The van der Waals surface area contributed by atoms with Crippen molar-refractivity contribution in [3.8, 4) is 5.75 Å². The first-order valence-electron chi connectivity index (χ1n) is 8.70. The number of rotatable bonds is 6. The Hall–Kier alpha value is -2.61. The largest absolute Gasteiger partial charge is 0.867 e. The third-order valence-electron chi connectivity index (χ3n) is 4.14. The molecule has 0 saturated heterocycles. The molecule has 1 N–H and O–H groups in total. The summed E-state index contributed by atoms with van der Waals surface area (Å²) in [6.45, 7) is 0. The van der Waals surface area contributed by atoms with Gasteiger partial charge in [0.25, 0.3) is 0 Å². The molecule has 150 valence electrons. The molecule has 0 radical (unpaired) electrons. The number of thiophene rings is 1. The lowest BCUT2D eigenvalue weighted by molar-refractivity contribution is -0.577. The van der Waals surface area contributed by atoms with E-state index >= 15 is 0 Å². The van der Waals surface area contributed by atoms with E-state index in [1.165, 1.54) is 11.3 Å². The minimum Gasteiger partial charge on any atom is -0.867 e. The zero-order chi connectivity index (χ0) is 21.0. The van der Waals surface area contributed by atoms with Gasteiger partial charge in [0.2, 0.25) is 5.70 Å². The van der Waals surface area contributed by atoms with Crippen molar-refractivity contribution in [1.82, 2.24) is 0 Å². The molecule has 0 fully saturated rings. The quantitative estimate of drug-likeness (QED) is 0.270. The first-order chi connectivity index (χ1) is 13.9. The summed E-state index contributed by atoms with van der Waals surface area (Å²) in [6.07, 6.45) is 3.63. The van der Waals surface area contributed by atoms with Crippen LogP contribution in [-0.2, 0) is 0 Å². The summed E-state index contributed by atoms with van der Waals surface area (Å²) >= 11 is 12.9. The van der Waals surface area contributed by atoms with Crippen LogP contribution in [0.1, 0.15) is 4.88 Å². The average Bonchev–Trinajstić information content (AvgIpc) is 3.15. The molecule has 0 bridgehead atoms. The van der Waals surface area contributed by atoms with Crippen LogP contribution in [0, 0.1) is 0 Å². The molecule has 8 heteroatoms. The molecule has 29 heavy (non-hydrogen) atoms. The molecule has 2 aromatic heterocycles. The maximum absolute atomic E-state index is 13.3. The first kappa shape index (κ1) is 21.1. The second-order valence-corrected chi connectivity index (χ2v) is 8.45. The van der Waals surface area contributed by atoms with Crippen molar-refractivity contribution in [2.45, 2.75) is 0 Å². The Labute approximate surface area is 184 Å². The Kier molecular flexibility index (Phi) is 6.74. The van der Waals surface area contributed by atoms with Crippen LogP contribution < -0.4 is 24.6 Å². The van der Waals surface area contributed by atoms with Gasteiger partial charge in [0.1, 0.15) is 5.75 Å². The number of hydrogen-bond acceptors (Lipinski definition) is 5. The highest BCUT2D eigenvalue weighted by molar-refractivity contribution is 7.81. The lowest BCUT2D eigenvalue weighted by Gasteiger charge is -2.16. The number of ether oxygens (including phenoxy) is 1. The van der Waals surface area contributed by atoms with E-state index in [9.17, 15) is 5.11 Å². The Morgan fingerprint density at radius 2 is 1.90 bits per heavy atom. The number of pyridine rings is 1. The fourth-order valence-corrected chi connectivity index (χ4v) is 3.95. The van der Waals surface area contributed by atoms with Gasteiger partial charge in [-0.25, -0.2) is 0 Å². The van der Waals surface area contributed by atoms with Crippen LogP contribution in [0.3, 0.4) is 0 Å². The fraction of sp³-hybridized carbons (Fsp3) is 0.143. The summed E-state index contributed by atoms with van der Waals surface area (Å²) in [5.74, 6) is 0.489. The molecule has 0 amide bonds. The molecule has 0 aliphatic rings. The van der Waals surface area contributed by atoms with Gasteiger partial charge >= 0.3 is 0 Å². The maximum atomic E-state index is 13.3. The fourth-order valence-electron chi connectivity index (χ4n) is 2.65. The van der Waals surface area contributed by atoms with Gasteiger partial charge in [0.15, 0.2) is 17.4 Å². The molecule has 0 aliphatic carbocycles. The number of nitrogens with zero attached hydrogens (tertiary/aromatic N) is 2. The number of thiocarbonyl (C=S) groups is 1. The highest BCUT2D eigenvalue weighted by Crippen LogP contribution is 2.28. The van der Waals surface area contributed by atoms with Crippen LogP contribution in [0.25, 0.3) is 11.5 Å². The van der Waals surface area contributed by atoms with Gasteiger partial charge in [-0.2, -0.15) is 4.57 Å². The summed E-state index contributed by atoms with van der Waals surface area (Å²) in [4.78, 5) is 2.80. The summed E-state index contributed by atoms with van der Waals surface area (Å²) in [7, 11) is 5.51. The van der Waals surface area contributed by atoms with E-state index in [0.717, 1.165) is 11.4 Å². The first-order valence-corrected chi connectivity index (χ1v) is 10.3. The van der Waals surface area contributed by atoms with Crippen LogP contribution in [0.5, 0.6) is 5.75 Å². The molecule has 3 rings (SSSR count). The number of benzene rings is 1. The molecule has 0 unspecified atom stereocenters. The van der Waals surface area contributed by atoms with Gasteiger partial charge in [-0.1, -0.05) is 29.9 Å². The van der Waals surface area contributed by atoms with Crippen molar-refractivity contribution in [1.29, 1.82) is 0 Å². The predicted octanol–water partition coefficient (Wildman–Crippen LogP) is 3.89. The summed E-state index contributed by atoms with van der Waals surface area (Å²) in [5.41, 5.74) is 2.08. The smallest absolute Gasteiger partial charge is 0.239 e. The molecule has 3 aromatic rings. The maximum Gasteiger partial charge on any atom is 0.239 e. The number of halogens is 1. The normalized spacial score (nSPS) is 11.6. The van der Waals surface area contributed by atoms with Gasteiger partial charge in [-0.3, -0.25) is 0 Å². The SMILES string of the molecule is COc1cccc(NC(=S)C(=C([O-])c2ccc(Cl)s2)[n+]2ccc(N(C)C)cc2)c1. The van der Waals surface area contributed by atoms with E-state index in [1.807, 2.05) is 67.8 Å². The molecule has 5 nitrogen and oxygen atoms in total. The van der Waals surface area contributed by atoms with Crippen LogP contribution >= 0.6 is 35.2 Å². The van der Waals surface area contributed by atoms with E-state index in [0.29, 0.717) is 25.6 Å². The van der Waals surface area contributed by atoms with E-state index < -0.39 is 0 Å². The molecule has 1 aromatic carbocycles. The second kappa shape index (κ2) is 9.26. The van der Waals surface area contributed by atoms with E-state index in [-0.39, 0.29) is 5.76 Å². The molecule has 0 saturated carbocycles. The molecule has 2 heterocycles. The third kappa shape index (κ3) is 5.06. The predicted molar refractivity (Wildman–Crippen MR) is 123 cm³/mol. The Bertz CT molecular complexity index is 1050. The van der Waals surface area contributed by atoms with Crippen molar-refractivity contribution in [2.24, 2.45) is 0 Å². The number of aromatic nitrogens is 1. The minimum atomic E-state index is -0.204. The molecule has 0 spiro atoms. The van der Waals surface area contributed by atoms with Gasteiger partial charge in [0.05, 0.1) is 11.4 Å². The van der Waals surface area contributed by atoms with Gasteiger partial charge in [0, 0.05) is 48.5 Å². The lowest BCUT2D eigenvalue weighted by Crippen LogP contribution is -2.40. The van der Waals surface area contributed by atoms with E-state index in [2.05, 4.69) is 5.32 Å². The average molecular weight is 446 g/mol. The van der Waals surface area contributed by atoms with Crippen LogP contribution in [0.4, 0.5) is 11.4 Å². The highest BCUT2D eigenvalue weighted by atomic mass is 35.5. The summed E-state index contributed by atoms with van der Waals surface area (Å²) in [6, 6.07) is 14.6. The van der Waals surface area contributed by atoms with Crippen LogP contribution in [-0.4, -0.2) is 26.2 Å². The molecule has 0 aliphatic heterocycles. The van der Waals surface area contributed by atoms with Gasteiger partial charge in [-0.15, -0.1) is 11.3 Å². The van der Waals surface area contributed by atoms with Crippen LogP contribution in [0.2, 0.25) is 4.34 Å². The highest BCUT2D eigenvalue weighted by Gasteiger charge is 2.20. The standard InChI is InChI=1S/C21H20ClN3O2S2/c1-24(2)15-9-11-25(12-10-15)19(20(26)17-7-8-18(22)29-17)21(28)23-14-5-4-6-16(13-14)27-3/h4-13H,1-3H3,(H-,23,26,28). The minimum absolute atomic E-state index is 0.204. The topological polar surface area (TPSA) is 51.4 Å². The Balaban J connectivity index is 2.03. The summed E-state index contributed by atoms with van der Waals surface area (Å²) in [5, 5.41) is 16.4. The lowest BCUT2D eigenvalue weighted by atomic mass is 10.2. The van der Waals surface area contributed by atoms with Crippen molar-refractivity contribution in [3.05, 3.63) is 70.1 Å². The summed E-state index contributed by atoms with van der Waals surface area (Å²) < 4.78 is 7.53. The van der Waals surface area contributed by atoms with Crippen LogP contribution in [0.15, 0.2) is 60.9 Å². The Morgan fingerprint density at radius 3 is 2.48 bits per heavy atom. The van der Waals surface area contributed by atoms with Gasteiger partial charge in [-0.05, 0) is 30.0 Å². The Morgan fingerprint density at radius 1 is 1.17 bits per heavy atom. The van der Waals surface area contributed by atoms with Crippen molar-refractivity contribution < 1.29 is 14.4 Å². The van der Waals surface area contributed by atoms with E-state index in [4.69, 9.17) is 28.6 Å². The van der Waals surface area contributed by atoms with Crippen molar-refractivity contribution in [2.75, 3.05) is 31.4 Å².